The lowest BCUT2D eigenvalue weighted by Crippen LogP contribution is -2.59. The van der Waals surface area contributed by atoms with Crippen LogP contribution in [0, 0.1) is 0 Å². The predicted molar refractivity (Wildman–Crippen MR) is 213 cm³/mol. The molecule has 13 heteroatoms. The number of hydrogen-bond donors (Lipinski definition) is 4. The van der Waals surface area contributed by atoms with Gasteiger partial charge in [-0.05, 0) is 46.5 Å². The van der Waals surface area contributed by atoms with Crippen molar-refractivity contribution in [1.82, 2.24) is 19.9 Å². The molecule has 1 fully saturated rings. The molecule has 1 aliphatic rings. The quantitative estimate of drug-likeness (QED) is 0.0795. The highest BCUT2D eigenvalue weighted by Gasteiger charge is 2.49. The summed E-state index contributed by atoms with van der Waals surface area (Å²) < 4.78 is 30.2. The van der Waals surface area contributed by atoms with Gasteiger partial charge >= 0.3 is 23.9 Å². The largest absolute Gasteiger partial charge is 0.456 e. The number of carbonyl (C=O) groups excluding carboxylic acids is 4. The summed E-state index contributed by atoms with van der Waals surface area (Å²) in [5.74, 6) is -2.70. The minimum absolute atomic E-state index is 0.107. The third-order valence-corrected chi connectivity index (χ3v) is 10.5. The molecule has 0 saturated carbocycles. The molecule has 292 valence electrons. The van der Waals surface area contributed by atoms with Crippen LogP contribution >= 0.6 is 0 Å². The zero-order chi connectivity index (χ0) is 39.6. The second-order valence-corrected chi connectivity index (χ2v) is 14.3. The first-order valence-electron chi connectivity index (χ1n) is 19.0. The standard InChI is InChI=1S/C45H38N4O9/c50-39(17-26-21-46-34-13-5-1-9-30(26)34)55-38-25-54-45(58-42(53)20-29-24-49-37-16-8-4-12-33(29)37)44(57-41(52)19-28-23-48-36-15-7-3-11-32(28)36)43(38)56-40(51)18-27-22-47-35-14-6-2-10-31(27)35/h1-16,21-24,38,43-49H,17-20,25H2/t38-,43-,44?,45+/m1/s1. The summed E-state index contributed by atoms with van der Waals surface area (Å²) in [5, 5.41) is 3.36. The van der Waals surface area contributed by atoms with Crippen molar-refractivity contribution in [3.63, 3.8) is 0 Å². The van der Waals surface area contributed by atoms with Crippen molar-refractivity contribution in [2.24, 2.45) is 0 Å². The third-order valence-electron chi connectivity index (χ3n) is 10.5. The number of aromatic nitrogens is 4. The summed E-state index contributed by atoms with van der Waals surface area (Å²) in [5.41, 5.74) is 6.12. The van der Waals surface area contributed by atoms with E-state index in [1.165, 1.54) is 0 Å². The molecule has 5 heterocycles. The maximum absolute atomic E-state index is 13.9. The van der Waals surface area contributed by atoms with Gasteiger partial charge in [-0.2, -0.15) is 0 Å². The highest BCUT2D eigenvalue weighted by Crippen LogP contribution is 2.29. The van der Waals surface area contributed by atoms with Crippen molar-refractivity contribution in [1.29, 1.82) is 0 Å². The maximum Gasteiger partial charge on any atom is 0.312 e. The summed E-state index contributed by atoms with van der Waals surface area (Å²) in [6, 6.07) is 30.1. The smallest absolute Gasteiger partial charge is 0.312 e. The average Bonchev–Trinajstić information content (AvgIpc) is 4.03. The van der Waals surface area contributed by atoms with Gasteiger partial charge in [0, 0.05) is 68.4 Å². The van der Waals surface area contributed by atoms with Crippen LogP contribution in [0.2, 0.25) is 0 Å². The fourth-order valence-electron chi connectivity index (χ4n) is 7.72. The van der Waals surface area contributed by atoms with Gasteiger partial charge in [-0.25, -0.2) is 0 Å². The van der Waals surface area contributed by atoms with Gasteiger partial charge in [-0.15, -0.1) is 0 Å². The Labute approximate surface area is 330 Å². The Kier molecular flexibility index (Phi) is 9.94. The van der Waals surface area contributed by atoms with Crippen molar-refractivity contribution < 1.29 is 42.9 Å². The topological polar surface area (TPSA) is 178 Å². The van der Waals surface area contributed by atoms with E-state index >= 15 is 0 Å². The van der Waals surface area contributed by atoms with Gasteiger partial charge in [-0.3, -0.25) is 19.2 Å². The van der Waals surface area contributed by atoms with E-state index in [0.717, 1.165) is 43.6 Å². The lowest BCUT2D eigenvalue weighted by atomic mass is 10.0. The van der Waals surface area contributed by atoms with E-state index in [0.29, 0.717) is 22.3 Å². The van der Waals surface area contributed by atoms with Crippen molar-refractivity contribution in [3.8, 4) is 0 Å². The number of ether oxygens (including phenoxy) is 5. The average molecular weight is 779 g/mol. The Hall–Kier alpha value is -7.12. The van der Waals surface area contributed by atoms with Crippen LogP contribution in [0.3, 0.4) is 0 Å². The molecule has 0 amide bonds. The molecule has 58 heavy (non-hydrogen) atoms. The SMILES string of the molecule is O=C(Cc1c[nH]c2ccccc12)OC1[C@H](OC(=O)Cc2c[nH]c3ccccc23)OC[C@@H](OC(=O)Cc2c[nH]c3ccccc23)[C@H]1OC(=O)Cc1c[nH]c2ccccc12. The number of rotatable bonds is 12. The second kappa shape index (κ2) is 15.8. The molecule has 13 nitrogen and oxygen atoms in total. The van der Waals surface area contributed by atoms with E-state index in [4.69, 9.17) is 23.7 Å². The summed E-state index contributed by atoms with van der Waals surface area (Å²) in [7, 11) is 0. The predicted octanol–water partition coefficient (Wildman–Crippen LogP) is 6.52. The van der Waals surface area contributed by atoms with Gasteiger partial charge in [0.2, 0.25) is 12.4 Å². The van der Waals surface area contributed by atoms with Crippen LogP contribution in [0.1, 0.15) is 22.3 Å². The van der Waals surface area contributed by atoms with Gasteiger partial charge in [0.1, 0.15) is 0 Å². The normalized spacial score (nSPS) is 18.1. The first-order valence-corrected chi connectivity index (χ1v) is 19.0. The van der Waals surface area contributed by atoms with Gasteiger partial charge in [0.25, 0.3) is 0 Å². The molecular formula is C45H38N4O9. The molecule has 4 aromatic heterocycles. The fraction of sp³-hybridized carbons (Fsp3) is 0.200. The van der Waals surface area contributed by atoms with Gasteiger partial charge < -0.3 is 43.6 Å². The molecule has 0 aliphatic carbocycles. The number of fused-ring (bicyclic) bond motifs is 4. The summed E-state index contributed by atoms with van der Waals surface area (Å²) in [6.07, 6.45) is 0.656. The van der Waals surface area contributed by atoms with Crippen molar-refractivity contribution >= 4 is 67.5 Å². The number of nitrogens with one attached hydrogen (secondary N) is 4. The molecular weight excluding hydrogens is 741 g/mol. The Balaban J connectivity index is 1.01. The highest BCUT2D eigenvalue weighted by molar-refractivity contribution is 5.90. The molecule has 4 atom stereocenters. The maximum atomic E-state index is 13.9. The Morgan fingerprint density at radius 2 is 0.776 bits per heavy atom. The minimum atomic E-state index is -1.52. The zero-order valence-corrected chi connectivity index (χ0v) is 31.1. The number of para-hydroxylation sites is 4. The Morgan fingerprint density at radius 3 is 1.17 bits per heavy atom. The highest BCUT2D eigenvalue weighted by atomic mass is 16.7. The summed E-state index contributed by atoms with van der Waals surface area (Å²) >= 11 is 0. The van der Waals surface area contributed by atoms with E-state index in [9.17, 15) is 19.2 Å². The third kappa shape index (κ3) is 7.54. The second-order valence-electron chi connectivity index (χ2n) is 14.3. The number of benzene rings is 4. The lowest BCUT2D eigenvalue weighted by molar-refractivity contribution is -0.275. The Bertz CT molecular complexity index is 2600. The van der Waals surface area contributed by atoms with E-state index in [1.54, 1.807) is 24.8 Å². The van der Waals surface area contributed by atoms with Crippen LogP contribution in [-0.4, -0.2) is 75.0 Å². The molecule has 8 aromatic rings. The number of hydrogen-bond acceptors (Lipinski definition) is 9. The van der Waals surface area contributed by atoms with Crippen LogP contribution in [0.15, 0.2) is 122 Å². The van der Waals surface area contributed by atoms with Crippen LogP contribution < -0.4 is 0 Å². The van der Waals surface area contributed by atoms with Crippen LogP contribution in [0.25, 0.3) is 43.6 Å². The lowest BCUT2D eigenvalue weighted by Gasteiger charge is -2.40. The molecule has 0 bridgehead atoms. The van der Waals surface area contributed by atoms with E-state index in [-0.39, 0.29) is 32.3 Å². The van der Waals surface area contributed by atoms with E-state index in [2.05, 4.69) is 19.9 Å². The first kappa shape index (κ1) is 36.5. The monoisotopic (exact) mass is 778 g/mol. The minimum Gasteiger partial charge on any atom is -0.456 e. The molecule has 1 unspecified atom stereocenters. The fourth-order valence-corrected chi connectivity index (χ4v) is 7.72. The molecule has 1 aliphatic heterocycles. The van der Waals surface area contributed by atoms with Crippen LogP contribution in [0.5, 0.6) is 0 Å². The number of esters is 4. The molecule has 1 saturated heterocycles. The molecule has 4 aromatic carbocycles. The van der Waals surface area contributed by atoms with Gasteiger partial charge in [-0.1, -0.05) is 72.8 Å². The van der Waals surface area contributed by atoms with Crippen LogP contribution in [-0.2, 0) is 68.5 Å². The summed E-state index contributed by atoms with van der Waals surface area (Å²) in [4.78, 5) is 67.6. The molecule has 4 N–H and O–H groups in total. The first-order chi connectivity index (χ1) is 28.4. The van der Waals surface area contributed by atoms with Crippen molar-refractivity contribution in [3.05, 3.63) is 144 Å². The molecule has 0 radical (unpaired) electrons. The van der Waals surface area contributed by atoms with Gasteiger partial charge in [0.05, 0.1) is 32.3 Å². The van der Waals surface area contributed by atoms with E-state index in [1.807, 2.05) is 97.1 Å². The van der Waals surface area contributed by atoms with Gasteiger partial charge in [0.15, 0.2) is 12.2 Å². The van der Waals surface area contributed by atoms with Crippen LogP contribution in [0.4, 0.5) is 0 Å². The summed E-state index contributed by atoms with van der Waals surface area (Å²) in [6.45, 7) is -0.327. The van der Waals surface area contributed by atoms with Crippen molar-refractivity contribution in [2.75, 3.05) is 6.61 Å². The number of aromatic amines is 4. The zero-order valence-electron chi connectivity index (χ0n) is 31.1. The van der Waals surface area contributed by atoms with E-state index < -0.39 is 48.5 Å². The van der Waals surface area contributed by atoms with Crippen molar-refractivity contribution in [2.45, 2.75) is 50.3 Å². The number of H-pyrrole nitrogens is 4. The Morgan fingerprint density at radius 1 is 0.448 bits per heavy atom. The molecule has 9 rings (SSSR count). The molecule has 0 spiro atoms. The number of carbonyl (C=O) groups is 4.